The lowest BCUT2D eigenvalue weighted by atomic mass is 10.3. The summed E-state index contributed by atoms with van der Waals surface area (Å²) in [5.41, 5.74) is 0.725. The lowest BCUT2D eigenvalue weighted by Crippen LogP contribution is -2.36. The summed E-state index contributed by atoms with van der Waals surface area (Å²) < 4.78 is 12.3. The molecule has 0 fully saturated rings. The fourth-order valence-electron chi connectivity index (χ4n) is 2.10. The molecule has 0 saturated carbocycles. The Bertz CT molecular complexity index is 924. The molecule has 10 heteroatoms. The van der Waals surface area contributed by atoms with Crippen molar-refractivity contribution in [3.05, 3.63) is 46.5 Å². The summed E-state index contributed by atoms with van der Waals surface area (Å²) in [6.45, 7) is 1.68. The standard InChI is InChI=1S/C16H15Cl2N5O3/c1-9(25-13-4-3-11(17)5-12(13)18)16(24)19-7-14-21-15(22-26-14)10-6-20-23(2)8-10/h3-6,8-9H,7H2,1-2H3,(H,19,24)/t9-/m0/s1. The van der Waals surface area contributed by atoms with E-state index >= 15 is 0 Å². The van der Waals surface area contributed by atoms with Crippen LogP contribution in [0.5, 0.6) is 5.75 Å². The first kappa shape index (κ1) is 18.2. The SMILES string of the molecule is C[C@H](Oc1ccc(Cl)cc1Cl)C(=O)NCc1nc(-c2cnn(C)c2)no1. The predicted molar refractivity (Wildman–Crippen MR) is 94.9 cm³/mol. The predicted octanol–water partition coefficient (Wildman–Crippen LogP) is 2.86. The van der Waals surface area contributed by atoms with Crippen molar-refractivity contribution in [2.24, 2.45) is 7.05 Å². The molecule has 2 heterocycles. The molecule has 0 aliphatic rings. The quantitative estimate of drug-likeness (QED) is 0.689. The van der Waals surface area contributed by atoms with Gasteiger partial charge in [0.25, 0.3) is 5.91 Å². The van der Waals surface area contributed by atoms with Gasteiger partial charge in [-0.25, -0.2) is 0 Å². The minimum Gasteiger partial charge on any atom is -0.479 e. The first-order valence-corrected chi connectivity index (χ1v) is 8.39. The van der Waals surface area contributed by atoms with Crippen molar-refractivity contribution < 1.29 is 14.1 Å². The normalized spacial score (nSPS) is 12.0. The lowest BCUT2D eigenvalue weighted by Gasteiger charge is -2.15. The Labute approximate surface area is 159 Å². The maximum absolute atomic E-state index is 12.2. The molecule has 0 unspecified atom stereocenters. The Hall–Kier alpha value is -2.58. The molecule has 0 aliphatic carbocycles. The number of nitrogens with zero attached hydrogens (tertiary/aromatic N) is 4. The van der Waals surface area contributed by atoms with Crippen LogP contribution in [-0.2, 0) is 18.4 Å². The molecule has 1 N–H and O–H groups in total. The van der Waals surface area contributed by atoms with Crippen LogP contribution >= 0.6 is 23.2 Å². The number of hydrogen-bond acceptors (Lipinski definition) is 6. The molecule has 0 spiro atoms. The van der Waals surface area contributed by atoms with Gasteiger partial charge in [-0.15, -0.1) is 0 Å². The highest BCUT2D eigenvalue weighted by Crippen LogP contribution is 2.28. The van der Waals surface area contributed by atoms with Crippen LogP contribution in [0.25, 0.3) is 11.4 Å². The summed E-state index contributed by atoms with van der Waals surface area (Å²) in [6.07, 6.45) is 2.62. The number of aromatic nitrogens is 4. The number of benzene rings is 1. The number of rotatable bonds is 6. The van der Waals surface area contributed by atoms with Crippen molar-refractivity contribution in [1.29, 1.82) is 0 Å². The molecule has 0 bridgehead atoms. The zero-order valence-electron chi connectivity index (χ0n) is 13.9. The molecule has 0 radical (unpaired) electrons. The summed E-state index contributed by atoms with van der Waals surface area (Å²) >= 11 is 11.9. The van der Waals surface area contributed by atoms with Gasteiger partial charge in [0.1, 0.15) is 5.75 Å². The highest BCUT2D eigenvalue weighted by Gasteiger charge is 2.18. The number of hydrogen-bond donors (Lipinski definition) is 1. The van der Waals surface area contributed by atoms with Crippen molar-refractivity contribution in [2.45, 2.75) is 19.6 Å². The smallest absolute Gasteiger partial charge is 0.261 e. The van der Waals surface area contributed by atoms with Crippen LogP contribution in [0, 0.1) is 0 Å². The molecule has 1 aromatic carbocycles. The Balaban J connectivity index is 1.55. The Morgan fingerprint density at radius 1 is 1.42 bits per heavy atom. The number of amides is 1. The van der Waals surface area contributed by atoms with Gasteiger partial charge in [-0.3, -0.25) is 9.48 Å². The number of ether oxygens (including phenoxy) is 1. The van der Waals surface area contributed by atoms with E-state index in [1.807, 2.05) is 0 Å². The van der Waals surface area contributed by atoms with Gasteiger partial charge < -0.3 is 14.6 Å². The van der Waals surface area contributed by atoms with E-state index in [2.05, 4.69) is 20.6 Å². The second kappa shape index (κ2) is 7.76. The van der Waals surface area contributed by atoms with E-state index in [1.54, 1.807) is 49.2 Å². The van der Waals surface area contributed by atoms with Gasteiger partial charge in [-0.1, -0.05) is 28.4 Å². The maximum atomic E-state index is 12.2. The van der Waals surface area contributed by atoms with Crippen LogP contribution in [0.4, 0.5) is 0 Å². The molecule has 2 aromatic heterocycles. The average Bonchev–Trinajstić information content (AvgIpc) is 3.24. The van der Waals surface area contributed by atoms with Gasteiger partial charge in [-0.2, -0.15) is 10.1 Å². The Morgan fingerprint density at radius 2 is 2.23 bits per heavy atom. The maximum Gasteiger partial charge on any atom is 0.261 e. The third kappa shape index (κ3) is 4.33. The summed E-state index contributed by atoms with van der Waals surface area (Å²) in [5, 5.41) is 11.4. The second-order valence-corrected chi connectivity index (χ2v) is 6.31. The summed E-state index contributed by atoms with van der Waals surface area (Å²) in [7, 11) is 1.79. The molecule has 8 nitrogen and oxygen atoms in total. The number of nitrogens with one attached hydrogen (secondary N) is 1. The van der Waals surface area contributed by atoms with Crippen molar-refractivity contribution in [2.75, 3.05) is 0 Å². The first-order chi connectivity index (χ1) is 12.4. The van der Waals surface area contributed by atoms with Gasteiger partial charge in [0, 0.05) is 18.3 Å². The van der Waals surface area contributed by atoms with E-state index in [1.165, 1.54) is 0 Å². The van der Waals surface area contributed by atoms with E-state index < -0.39 is 6.10 Å². The van der Waals surface area contributed by atoms with Gasteiger partial charge in [0.15, 0.2) is 6.10 Å². The molecule has 0 saturated heterocycles. The molecule has 3 rings (SSSR count). The van der Waals surface area contributed by atoms with E-state index in [4.69, 9.17) is 32.5 Å². The molecular weight excluding hydrogens is 381 g/mol. The molecule has 3 aromatic rings. The van der Waals surface area contributed by atoms with Gasteiger partial charge in [0.05, 0.1) is 23.3 Å². The fourth-order valence-corrected chi connectivity index (χ4v) is 2.55. The summed E-state index contributed by atoms with van der Waals surface area (Å²) in [4.78, 5) is 16.4. The first-order valence-electron chi connectivity index (χ1n) is 7.63. The van der Waals surface area contributed by atoms with Gasteiger partial charge >= 0.3 is 0 Å². The molecular formula is C16H15Cl2N5O3. The van der Waals surface area contributed by atoms with Gasteiger partial charge in [-0.05, 0) is 25.1 Å². The summed E-state index contributed by atoms with van der Waals surface area (Å²) in [6, 6.07) is 4.78. The molecule has 136 valence electrons. The topological polar surface area (TPSA) is 95.1 Å². The van der Waals surface area contributed by atoms with E-state index in [0.29, 0.717) is 21.6 Å². The lowest BCUT2D eigenvalue weighted by molar-refractivity contribution is -0.127. The van der Waals surface area contributed by atoms with Crippen LogP contribution < -0.4 is 10.1 Å². The van der Waals surface area contributed by atoms with Gasteiger partial charge in [0.2, 0.25) is 11.7 Å². The highest BCUT2D eigenvalue weighted by atomic mass is 35.5. The van der Waals surface area contributed by atoms with E-state index in [0.717, 1.165) is 5.56 Å². The third-order valence-corrected chi connectivity index (χ3v) is 3.94. The Morgan fingerprint density at radius 3 is 2.92 bits per heavy atom. The largest absolute Gasteiger partial charge is 0.479 e. The Kier molecular flexibility index (Phi) is 5.43. The fraction of sp³-hybridized carbons (Fsp3) is 0.250. The summed E-state index contributed by atoms with van der Waals surface area (Å²) in [5.74, 6) is 0.695. The average molecular weight is 396 g/mol. The third-order valence-electron chi connectivity index (χ3n) is 3.41. The number of halogens is 2. The number of aryl methyl sites for hydroxylation is 1. The monoisotopic (exact) mass is 395 g/mol. The molecule has 26 heavy (non-hydrogen) atoms. The van der Waals surface area contributed by atoms with Crippen molar-refractivity contribution in [1.82, 2.24) is 25.2 Å². The molecule has 1 amide bonds. The van der Waals surface area contributed by atoms with Crippen LogP contribution in [0.1, 0.15) is 12.8 Å². The van der Waals surface area contributed by atoms with Crippen molar-refractivity contribution in [3.8, 4) is 17.1 Å². The number of carbonyl (C=O) groups is 1. The van der Waals surface area contributed by atoms with Crippen LogP contribution in [-0.4, -0.2) is 31.9 Å². The minimum atomic E-state index is -0.769. The van der Waals surface area contributed by atoms with Crippen molar-refractivity contribution >= 4 is 29.1 Å². The van der Waals surface area contributed by atoms with Crippen LogP contribution in [0.2, 0.25) is 10.0 Å². The van der Waals surface area contributed by atoms with Crippen LogP contribution in [0.3, 0.4) is 0 Å². The van der Waals surface area contributed by atoms with E-state index in [-0.39, 0.29) is 18.3 Å². The van der Waals surface area contributed by atoms with Crippen molar-refractivity contribution in [3.63, 3.8) is 0 Å². The van der Waals surface area contributed by atoms with Crippen LogP contribution in [0.15, 0.2) is 35.1 Å². The minimum absolute atomic E-state index is 0.0775. The zero-order chi connectivity index (χ0) is 18.7. The molecule has 1 atom stereocenters. The highest BCUT2D eigenvalue weighted by molar-refractivity contribution is 6.35. The number of carbonyl (C=O) groups excluding carboxylic acids is 1. The second-order valence-electron chi connectivity index (χ2n) is 5.47. The molecule has 0 aliphatic heterocycles. The van der Waals surface area contributed by atoms with E-state index in [9.17, 15) is 4.79 Å². The zero-order valence-corrected chi connectivity index (χ0v) is 15.5.